The molecule has 2 rings (SSSR count). The van der Waals surface area contributed by atoms with Gasteiger partial charge in [0.25, 0.3) is 0 Å². The quantitative estimate of drug-likeness (QED) is 0.801. The van der Waals surface area contributed by atoms with E-state index in [0.717, 1.165) is 18.0 Å². The van der Waals surface area contributed by atoms with Crippen LogP contribution in [-0.4, -0.2) is 36.6 Å². The zero-order valence-corrected chi connectivity index (χ0v) is 9.42. The molecule has 0 unspecified atom stereocenters. The summed E-state index contributed by atoms with van der Waals surface area (Å²) in [6, 6.07) is 3.33. The third-order valence-electron chi connectivity index (χ3n) is 2.38. The van der Waals surface area contributed by atoms with Gasteiger partial charge in [0.2, 0.25) is 5.91 Å². The van der Waals surface area contributed by atoms with Crippen LogP contribution in [0.2, 0.25) is 0 Å². The number of carbonyl (C=O) groups excluding carboxylic acids is 1. The van der Waals surface area contributed by atoms with Crippen molar-refractivity contribution in [1.82, 2.24) is 5.32 Å². The highest BCUT2D eigenvalue weighted by atomic mass is 32.1. The first-order valence-electron chi connectivity index (χ1n) is 5.01. The molecule has 1 fully saturated rings. The first-order chi connectivity index (χ1) is 7.66. The predicted octanol–water partition coefficient (Wildman–Crippen LogP) is 0.773. The van der Waals surface area contributed by atoms with Crippen molar-refractivity contribution in [3.63, 3.8) is 0 Å². The third-order valence-corrected chi connectivity index (χ3v) is 3.51. The van der Waals surface area contributed by atoms with Gasteiger partial charge in [-0.05, 0) is 18.6 Å². The Bertz CT molecular complexity index is 416. The second kappa shape index (κ2) is 4.52. The summed E-state index contributed by atoms with van der Waals surface area (Å²) in [4.78, 5) is 24.3. The van der Waals surface area contributed by atoms with Crippen LogP contribution < -0.4 is 10.2 Å². The maximum absolute atomic E-state index is 11.3. The van der Waals surface area contributed by atoms with Crippen LogP contribution >= 0.6 is 11.3 Å². The standard InChI is InChI=1S/C10H12N2O3S/c13-8-6-12(5-1-4-11-8)9-3-2-7(16-9)10(14)15/h2-3H,1,4-6H2,(H,11,13)(H,14,15). The number of hydrogen-bond acceptors (Lipinski definition) is 4. The van der Waals surface area contributed by atoms with Crippen LogP contribution in [0.4, 0.5) is 5.00 Å². The number of carbonyl (C=O) groups is 2. The Balaban J connectivity index is 2.15. The van der Waals surface area contributed by atoms with Gasteiger partial charge in [0, 0.05) is 13.1 Å². The number of hydrogen-bond donors (Lipinski definition) is 2. The van der Waals surface area contributed by atoms with Gasteiger partial charge in [-0.1, -0.05) is 0 Å². The molecule has 0 saturated carbocycles. The number of rotatable bonds is 2. The van der Waals surface area contributed by atoms with Crippen LogP contribution in [0.3, 0.4) is 0 Å². The fourth-order valence-corrected chi connectivity index (χ4v) is 2.48. The molecule has 1 aliphatic heterocycles. The summed E-state index contributed by atoms with van der Waals surface area (Å²) in [5.41, 5.74) is 0. The minimum absolute atomic E-state index is 0.0113. The lowest BCUT2D eigenvalue weighted by Gasteiger charge is -2.18. The fourth-order valence-electron chi connectivity index (χ4n) is 1.61. The number of thiophene rings is 1. The van der Waals surface area contributed by atoms with Crippen molar-refractivity contribution in [2.45, 2.75) is 6.42 Å². The van der Waals surface area contributed by atoms with Crippen molar-refractivity contribution < 1.29 is 14.7 Å². The van der Waals surface area contributed by atoms with Crippen LogP contribution in [-0.2, 0) is 4.79 Å². The van der Waals surface area contributed by atoms with E-state index in [1.54, 1.807) is 12.1 Å². The smallest absolute Gasteiger partial charge is 0.345 e. The molecule has 0 aromatic carbocycles. The maximum Gasteiger partial charge on any atom is 0.345 e. The van der Waals surface area contributed by atoms with Crippen molar-refractivity contribution in [2.75, 3.05) is 24.5 Å². The number of nitrogens with one attached hydrogen (secondary N) is 1. The summed E-state index contributed by atoms with van der Waals surface area (Å²) in [5.74, 6) is -0.932. The monoisotopic (exact) mass is 240 g/mol. The zero-order chi connectivity index (χ0) is 11.5. The van der Waals surface area contributed by atoms with Crippen LogP contribution in [0.25, 0.3) is 0 Å². The lowest BCUT2D eigenvalue weighted by Crippen LogP contribution is -2.32. The predicted molar refractivity (Wildman–Crippen MR) is 61.1 cm³/mol. The second-order valence-corrected chi connectivity index (χ2v) is 4.63. The van der Waals surface area contributed by atoms with Gasteiger partial charge in [0.1, 0.15) is 4.88 Å². The molecule has 1 saturated heterocycles. The summed E-state index contributed by atoms with van der Waals surface area (Å²) >= 11 is 1.21. The Morgan fingerprint density at radius 2 is 2.31 bits per heavy atom. The summed E-state index contributed by atoms with van der Waals surface area (Å²) in [6.07, 6.45) is 0.881. The normalized spacial score (nSPS) is 16.8. The van der Waals surface area contributed by atoms with Gasteiger partial charge in [-0.25, -0.2) is 4.79 Å². The minimum atomic E-state index is -0.921. The highest BCUT2D eigenvalue weighted by Gasteiger charge is 2.17. The van der Waals surface area contributed by atoms with Crippen molar-refractivity contribution in [2.24, 2.45) is 0 Å². The van der Waals surface area contributed by atoms with E-state index in [1.165, 1.54) is 11.3 Å². The topological polar surface area (TPSA) is 69.6 Å². The maximum atomic E-state index is 11.3. The van der Waals surface area contributed by atoms with Crippen molar-refractivity contribution in [3.8, 4) is 0 Å². The largest absolute Gasteiger partial charge is 0.477 e. The molecule has 86 valence electrons. The van der Waals surface area contributed by atoms with E-state index in [9.17, 15) is 9.59 Å². The summed E-state index contributed by atoms with van der Waals surface area (Å²) in [6.45, 7) is 1.77. The van der Waals surface area contributed by atoms with E-state index >= 15 is 0 Å². The Morgan fingerprint density at radius 1 is 1.50 bits per heavy atom. The van der Waals surface area contributed by atoms with Crippen molar-refractivity contribution >= 4 is 28.2 Å². The molecular weight excluding hydrogens is 228 g/mol. The Labute approximate surface area is 96.7 Å². The lowest BCUT2D eigenvalue weighted by molar-refractivity contribution is -0.119. The lowest BCUT2D eigenvalue weighted by atomic mass is 10.4. The van der Waals surface area contributed by atoms with E-state index < -0.39 is 5.97 Å². The molecule has 0 bridgehead atoms. The van der Waals surface area contributed by atoms with Gasteiger partial charge in [-0.3, -0.25) is 4.79 Å². The van der Waals surface area contributed by atoms with E-state index in [4.69, 9.17) is 5.11 Å². The van der Waals surface area contributed by atoms with Gasteiger partial charge in [-0.2, -0.15) is 0 Å². The Morgan fingerprint density at radius 3 is 3.00 bits per heavy atom. The molecule has 1 aliphatic rings. The van der Waals surface area contributed by atoms with Gasteiger partial charge in [0.05, 0.1) is 11.5 Å². The highest BCUT2D eigenvalue weighted by molar-refractivity contribution is 7.17. The van der Waals surface area contributed by atoms with Crippen LogP contribution in [0.15, 0.2) is 12.1 Å². The Kier molecular flexibility index (Phi) is 3.09. The molecular formula is C10H12N2O3S. The first kappa shape index (κ1) is 10.9. The molecule has 1 amide bonds. The number of nitrogens with zero attached hydrogens (tertiary/aromatic N) is 1. The van der Waals surface area contributed by atoms with Crippen molar-refractivity contribution in [3.05, 3.63) is 17.0 Å². The molecule has 2 heterocycles. The molecule has 0 radical (unpaired) electrons. The van der Waals surface area contributed by atoms with Crippen molar-refractivity contribution in [1.29, 1.82) is 0 Å². The van der Waals surface area contributed by atoms with Gasteiger partial charge in [-0.15, -0.1) is 11.3 Å². The molecule has 6 heteroatoms. The molecule has 16 heavy (non-hydrogen) atoms. The van der Waals surface area contributed by atoms with Crippen LogP contribution in [0.5, 0.6) is 0 Å². The number of aromatic carboxylic acids is 1. The SMILES string of the molecule is O=C1CN(c2ccc(C(=O)O)s2)CCCN1. The number of anilines is 1. The van der Waals surface area contributed by atoms with Crippen LogP contribution in [0.1, 0.15) is 16.1 Å². The summed E-state index contributed by atoms with van der Waals surface area (Å²) in [5, 5.41) is 12.4. The number of amides is 1. The van der Waals surface area contributed by atoms with Gasteiger partial charge in [0.15, 0.2) is 0 Å². The zero-order valence-electron chi connectivity index (χ0n) is 8.60. The molecule has 0 aliphatic carbocycles. The van der Waals surface area contributed by atoms with E-state index in [-0.39, 0.29) is 5.91 Å². The van der Waals surface area contributed by atoms with Gasteiger partial charge >= 0.3 is 5.97 Å². The minimum Gasteiger partial charge on any atom is -0.477 e. The summed E-state index contributed by atoms with van der Waals surface area (Å²) in [7, 11) is 0. The molecule has 0 spiro atoms. The average Bonchev–Trinajstić information content (AvgIpc) is 2.63. The summed E-state index contributed by atoms with van der Waals surface area (Å²) < 4.78 is 0. The molecule has 1 aromatic heterocycles. The molecule has 1 aromatic rings. The third kappa shape index (κ3) is 2.33. The van der Waals surface area contributed by atoms with Crippen LogP contribution in [0, 0.1) is 0 Å². The Hall–Kier alpha value is -1.56. The fraction of sp³-hybridized carbons (Fsp3) is 0.400. The molecule has 0 atom stereocenters. The highest BCUT2D eigenvalue weighted by Crippen LogP contribution is 2.26. The first-order valence-corrected chi connectivity index (χ1v) is 5.83. The molecule has 2 N–H and O–H groups in total. The van der Waals surface area contributed by atoms with E-state index in [0.29, 0.717) is 18.0 Å². The molecule has 5 nitrogen and oxygen atoms in total. The second-order valence-electron chi connectivity index (χ2n) is 3.57. The van der Waals surface area contributed by atoms with Gasteiger partial charge < -0.3 is 15.3 Å². The average molecular weight is 240 g/mol. The van der Waals surface area contributed by atoms with E-state index in [2.05, 4.69) is 5.32 Å². The van der Waals surface area contributed by atoms with E-state index in [1.807, 2.05) is 4.90 Å². The number of carboxylic acids is 1. The number of carboxylic acid groups (broad SMARTS) is 1.